The maximum atomic E-state index is 12.4. The van der Waals surface area contributed by atoms with Gasteiger partial charge in [0.1, 0.15) is 6.04 Å². The zero-order chi connectivity index (χ0) is 17.0. The van der Waals surface area contributed by atoms with Crippen LogP contribution in [-0.4, -0.2) is 48.3 Å². The summed E-state index contributed by atoms with van der Waals surface area (Å²) in [5, 5.41) is 7.19. The molecular formula is C15H23ClN4O3S. The zero-order valence-corrected chi connectivity index (χ0v) is 15.3. The summed E-state index contributed by atoms with van der Waals surface area (Å²) in [6.45, 7) is 4.35. The summed E-state index contributed by atoms with van der Waals surface area (Å²) in [6.07, 6.45) is 0. The summed E-state index contributed by atoms with van der Waals surface area (Å²) in [4.78, 5) is 38.8. The van der Waals surface area contributed by atoms with E-state index in [1.54, 1.807) is 0 Å². The molecule has 1 fully saturated rings. The van der Waals surface area contributed by atoms with Crippen molar-refractivity contribution in [3.05, 3.63) is 22.4 Å². The Morgan fingerprint density at radius 1 is 1.50 bits per heavy atom. The van der Waals surface area contributed by atoms with Crippen molar-refractivity contribution in [3.8, 4) is 0 Å². The Morgan fingerprint density at radius 2 is 2.21 bits per heavy atom. The van der Waals surface area contributed by atoms with Crippen molar-refractivity contribution in [1.29, 1.82) is 0 Å². The van der Waals surface area contributed by atoms with Crippen molar-refractivity contribution >= 4 is 41.5 Å². The number of nitrogens with two attached hydrogens (primary N) is 1. The van der Waals surface area contributed by atoms with Crippen molar-refractivity contribution in [1.82, 2.24) is 15.5 Å². The molecule has 1 aromatic heterocycles. The van der Waals surface area contributed by atoms with Gasteiger partial charge in [-0.05, 0) is 17.4 Å². The SMILES string of the molecule is CC(C)[C@H](N)C(=O)NCC(=O)N1CCNC(=O)C1c1cccs1.Cl. The average Bonchev–Trinajstić information content (AvgIpc) is 3.05. The highest BCUT2D eigenvalue weighted by atomic mass is 35.5. The Bertz CT molecular complexity index is 579. The summed E-state index contributed by atoms with van der Waals surface area (Å²) in [5.41, 5.74) is 5.75. The molecule has 134 valence electrons. The number of nitrogens with one attached hydrogen (secondary N) is 2. The van der Waals surface area contributed by atoms with E-state index in [0.717, 1.165) is 4.88 Å². The molecule has 0 aromatic carbocycles. The molecule has 9 heteroatoms. The number of piperazine rings is 1. The second-order valence-corrected chi connectivity index (χ2v) is 6.76. The summed E-state index contributed by atoms with van der Waals surface area (Å²) in [5.74, 6) is -0.855. The van der Waals surface area contributed by atoms with E-state index in [9.17, 15) is 14.4 Å². The number of carbonyl (C=O) groups excluding carboxylic acids is 3. The first-order valence-electron chi connectivity index (χ1n) is 7.55. The third kappa shape index (κ3) is 4.68. The van der Waals surface area contributed by atoms with E-state index in [1.165, 1.54) is 16.2 Å². The van der Waals surface area contributed by atoms with Crippen LogP contribution in [0.1, 0.15) is 24.8 Å². The molecule has 0 aliphatic carbocycles. The van der Waals surface area contributed by atoms with Gasteiger partial charge < -0.3 is 21.3 Å². The van der Waals surface area contributed by atoms with Gasteiger partial charge in [-0.1, -0.05) is 19.9 Å². The molecule has 2 rings (SSSR count). The third-order valence-electron chi connectivity index (χ3n) is 3.78. The Morgan fingerprint density at radius 3 is 2.79 bits per heavy atom. The van der Waals surface area contributed by atoms with E-state index in [-0.39, 0.29) is 42.6 Å². The molecule has 1 saturated heterocycles. The first-order valence-corrected chi connectivity index (χ1v) is 8.43. The largest absolute Gasteiger partial charge is 0.352 e. The van der Waals surface area contributed by atoms with Crippen LogP contribution in [-0.2, 0) is 14.4 Å². The molecule has 3 amide bonds. The van der Waals surface area contributed by atoms with Gasteiger partial charge in [0.15, 0.2) is 0 Å². The van der Waals surface area contributed by atoms with Crippen LogP contribution >= 0.6 is 23.7 Å². The Labute approximate surface area is 151 Å². The molecule has 1 aliphatic heterocycles. The molecule has 0 radical (unpaired) electrons. The van der Waals surface area contributed by atoms with Crippen LogP contribution in [0.3, 0.4) is 0 Å². The Hall–Kier alpha value is -1.64. The maximum absolute atomic E-state index is 12.4. The van der Waals surface area contributed by atoms with Crippen LogP contribution in [0.25, 0.3) is 0 Å². The summed E-state index contributed by atoms with van der Waals surface area (Å²) < 4.78 is 0. The van der Waals surface area contributed by atoms with Crippen molar-refractivity contribution < 1.29 is 14.4 Å². The quantitative estimate of drug-likeness (QED) is 0.688. The molecule has 2 heterocycles. The van der Waals surface area contributed by atoms with Crippen LogP contribution < -0.4 is 16.4 Å². The van der Waals surface area contributed by atoms with E-state index in [0.29, 0.717) is 13.1 Å². The highest BCUT2D eigenvalue weighted by Gasteiger charge is 2.35. The fourth-order valence-electron chi connectivity index (χ4n) is 2.35. The Balaban J connectivity index is 0.00000288. The lowest BCUT2D eigenvalue weighted by Gasteiger charge is -2.34. The van der Waals surface area contributed by atoms with Gasteiger partial charge in [0.25, 0.3) is 0 Å². The number of hydrogen-bond acceptors (Lipinski definition) is 5. The second kappa shape index (κ2) is 9.00. The minimum absolute atomic E-state index is 0. The number of nitrogens with zero attached hydrogens (tertiary/aromatic N) is 1. The van der Waals surface area contributed by atoms with E-state index in [1.807, 2.05) is 31.4 Å². The molecule has 0 saturated carbocycles. The second-order valence-electron chi connectivity index (χ2n) is 5.78. The van der Waals surface area contributed by atoms with E-state index >= 15 is 0 Å². The number of hydrogen-bond donors (Lipinski definition) is 3. The van der Waals surface area contributed by atoms with Crippen LogP contribution in [0.4, 0.5) is 0 Å². The first-order chi connectivity index (χ1) is 10.9. The smallest absolute Gasteiger partial charge is 0.248 e. The lowest BCUT2D eigenvalue weighted by molar-refractivity contribution is -0.143. The molecule has 1 aromatic rings. The van der Waals surface area contributed by atoms with Crippen molar-refractivity contribution in [2.75, 3.05) is 19.6 Å². The van der Waals surface area contributed by atoms with Crippen molar-refractivity contribution in [2.45, 2.75) is 25.9 Å². The van der Waals surface area contributed by atoms with Crippen LogP contribution in [0.2, 0.25) is 0 Å². The lowest BCUT2D eigenvalue weighted by atomic mass is 10.1. The predicted octanol–water partition coefficient (Wildman–Crippen LogP) is 0.269. The monoisotopic (exact) mass is 374 g/mol. The van der Waals surface area contributed by atoms with Crippen molar-refractivity contribution in [3.63, 3.8) is 0 Å². The van der Waals surface area contributed by atoms with Crippen LogP contribution in [0, 0.1) is 5.92 Å². The van der Waals surface area contributed by atoms with Gasteiger partial charge in [0, 0.05) is 18.0 Å². The molecule has 1 unspecified atom stereocenters. The fraction of sp³-hybridized carbons (Fsp3) is 0.533. The number of amides is 3. The molecule has 4 N–H and O–H groups in total. The first kappa shape index (κ1) is 20.4. The highest BCUT2D eigenvalue weighted by molar-refractivity contribution is 7.10. The maximum Gasteiger partial charge on any atom is 0.248 e. The van der Waals surface area contributed by atoms with Crippen LogP contribution in [0.15, 0.2) is 17.5 Å². The topological polar surface area (TPSA) is 105 Å². The van der Waals surface area contributed by atoms with Gasteiger partial charge in [-0.2, -0.15) is 0 Å². The molecule has 2 atom stereocenters. The summed E-state index contributed by atoms with van der Waals surface area (Å²) in [6, 6.07) is 2.38. The van der Waals surface area contributed by atoms with E-state index < -0.39 is 12.1 Å². The molecular weight excluding hydrogens is 352 g/mol. The summed E-state index contributed by atoms with van der Waals surface area (Å²) >= 11 is 1.43. The normalized spacial score (nSPS) is 18.6. The van der Waals surface area contributed by atoms with E-state index in [2.05, 4.69) is 10.6 Å². The number of thiophene rings is 1. The van der Waals surface area contributed by atoms with Gasteiger partial charge in [-0.3, -0.25) is 14.4 Å². The number of halogens is 1. The predicted molar refractivity (Wildman–Crippen MR) is 94.9 cm³/mol. The molecule has 1 aliphatic rings. The average molecular weight is 375 g/mol. The minimum Gasteiger partial charge on any atom is -0.352 e. The zero-order valence-electron chi connectivity index (χ0n) is 13.7. The lowest BCUT2D eigenvalue weighted by Crippen LogP contribution is -2.55. The number of rotatable bonds is 5. The fourth-order valence-corrected chi connectivity index (χ4v) is 3.18. The van der Waals surface area contributed by atoms with Gasteiger partial charge in [0.05, 0.1) is 12.6 Å². The van der Waals surface area contributed by atoms with Gasteiger partial charge in [-0.15, -0.1) is 23.7 Å². The molecule has 7 nitrogen and oxygen atoms in total. The van der Waals surface area contributed by atoms with Crippen molar-refractivity contribution in [2.24, 2.45) is 11.7 Å². The summed E-state index contributed by atoms with van der Waals surface area (Å²) in [7, 11) is 0. The molecule has 0 spiro atoms. The van der Waals surface area contributed by atoms with Gasteiger partial charge >= 0.3 is 0 Å². The molecule has 0 bridgehead atoms. The van der Waals surface area contributed by atoms with Gasteiger partial charge in [-0.25, -0.2) is 0 Å². The van der Waals surface area contributed by atoms with E-state index in [4.69, 9.17) is 5.73 Å². The third-order valence-corrected chi connectivity index (χ3v) is 4.70. The highest BCUT2D eigenvalue weighted by Crippen LogP contribution is 2.27. The molecule has 24 heavy (non-hydrogen) atoms. The van der Waals surface area contributed by atoms with Crippen LogP contribution in [0.5, 0.6) is 0 Å². The standard InChI is InChI=1S/C15H22N4O3S.ClH/c1-9(2)12(16)14(21)18-8-11(20)19-6-5-17-15(22)13(19)10-4-3-7-23-10;/h3-4,7,9,12-13H,5-6,8,16H2,1-2H3,(H,17,22)(H,18,21);1H/t12-,13?;/m0./s1. The number of carbonyl (C=O) groups is 3. The Kier molecular flexibility index (Phi) is 7.65. The van der Waals surface area contributed by atoms with Gasteiger partial charge in [0.2, 0.25) is 17.7 Å². The minimum atomic E-state index is -0.652.